The van der Waals surface area contributed by atoms with Crippen molar-refractivity contribution in [3.8, 4) is 11.3 Å². The van der Waals surface area contributed by atoms with Gasteiger partial charge in [-0.05, 0) is 12.8 Å². The van der Waals surface area contributed by atoms with E-state index in [1.807, 2.05) is 37.4 Å². The molecule has 0 radical (unpaired) electrons. The van der Waals surface area contributed by atoms with Gasteiger partial charge in [-0.15, -0.1) is 0 Å². The lowest BCUT2D eigenvalue weighted by Gasteiger charge is -2.31. The van der Waals surface area contributed by atoms with Crippen LogP contribution < -0.4 is 5.73 Å². The first-order valence-corrected chi connectivity index (χ1v) is 7.74. The Balaban J connectivity index is 1.90. The number of carbonyl (C=O) groups excluding carboxylic acids is 2. The minimum Gasteiger partial charge on any atom is -0.369 e. The number of likely N-dealkylation sites (tertiary alicyclic amines) is 1. The molecule has 1 fully saturated rings. The highest BCUT2D eigenvalue weighted by atomic mass is 16.2. The Kier molecular flexibility index (Phi) is 4.14. The first-order valence-electron chi connectivity index (χ1n) is 7.74. The van der Waals surface area contributed by atoms with E-state index in [0.29, 0.717) is 18.7 Å². The molecule has 1 atom stereocenters. The van der Waals surface area contributed by atoms with Crippen LogP contribution in [-0.4, -0.2) is 39.6 Å². The lowest BCUT2D eigenvalue weighted by Crippen LogP contribution is -2.44. The lowest BCUT2D eigenvalue weighted by atomic mass is 9.96. The Labute approximate surface area is 134 Å². The number of primary amides is 1. The summed E-state index contributed by atoms with van der Waals surface area (Å²) in [5.74, 6) is -0.690. The monoisotopic (exact) mass is 312 g/mol. The number of amides is 2. The van der Waals surface area contributed by atoms with Gasteiger partial charge >= 0.3 is 0 Å². The summed E-state index contributed by atoms with van der Waals surface area (Å²) in [7, 11) is 1.82. The SMILES string of the molecule is Cn1ncc(C(=O)N2CCCC(C(N)=O)C2)c1-c1ccccc1. The fourth-order valence-electron chi connectivity index (χ4n) is 3.10. The van der Waals surface area contributed by atoms with E-state index in [9.17, 15) is 9.59 Å². The average molecular weight is 312 g/mol. The number of hydrogen-bond acceptors (Lipinski definition) is 3. The number of aromatic nitrogens is 2. The van der Waals surface area contributed by atoms with E-state index in [-0.39, 0.29) is 17.7 Å². The number of benzene rings is 1. The van der Waals surface area contributed by atoms with Crippen LogP contribution in [0.15, 0.2) is 36.5 Å². The van der Waals surface area contributed by atoms with E-state index >= 15 is 0 Å². The van der Waals surface area contributed by atoms with E-state index < -0.39 is 0 Å². The fourth-order valence-corrected chi connectivity index (χ4v) is 3.10. The van der Waals surface area contributed by atoms with Crippen LogP contribution in [-0.2, 0) is 11.8 Å². The van der Waals surface area contributed by atoms with Gasteiger partial charge < -0.3 is 10.6 Å². The normalized spacial score (nSPS) is 18.0. The summed E-state index contributed by atoms with van der Waals surface area (Å²) < 4.78 is 1.71. The van der Waals surface area contributed by atoms with Crippen LogP contribution in [0.25, 0.3) is 11.3 Å². The summed E-state index contributed by atoms with van der Waals surface area (Å²) in [6.45, 7) is 1.03. The summed E-state index contributed by atoms with van der Waals surface area (Å²) in [5, 5.41) is 4.24. The van der Waals surface area contributed by atoms with Crippen LogP contribution in [0.3, 0.4) is 0 Å². The molecular formula is C17H20N4O2. The average Bonchev–Trinajstić information content (AvgIpc) is 2.96. The number of nitrogens with two attached hydrogens (primary N) is 1. The minimum absolute atomic E-state index is 0.0945. The number of carbonyl (C=O) groups is 2. The van der Waals surface area contributed by atoms with Crippen molar-refractivity contribution in [3.63, 3.8) is 0 Å². The Hall–Kier alpha value is -2.63. The molecule has 120 valence electrons. The molecule has 1 aromatic heterocycles. The molecular weight excluding hydrogens is 292 g/mol. The molecule has 3 rings (SSSR count). The molecule has 2 aromatic rings. The smallest absolute Gasteiger partial charge is 0.257 e. The van der Waals surface area contributed by atoms with Gasteiger partial charge in [0.2, 0.25) is 5.91 Å². The van der Waals surface area contributed by atoms with Gasteiger partial charge in [-0.2, -0.15) is 5.10 Å². The number of piperidine rings is 1. The number of rotatable bonds is 3. The third-order valence-electron chi connectivity index (χ3n) is 4.33. The molecule has 0 spiro atoms. The van der Waals surface area contributed by atoms with Gasteiger partial charge in [-0.3, -0.25) is 14.3 Å². The first kappa shape index (κ1) is 15.3. The van der Waals surface area contributed by atoms with Crippen LogP contribution in [0.5, 0.6) is 0 Å². The summed E-state index contributed by atoms with van der Waals surface area (Å²) in [4.78, 5) is 26.0. The Morgan fingerprint density at radius 3 is 2.70 bits per heavy atom. The molecule has 1 unspecified atom stereocenters. The third kappa shape index (κ3) is 2.97. The van der Waals surface area contributed by atoms with Gasteiger partial charge in [0.05, 0.1) is 23.4 Å². The van der Waals surface area contributed by atoms with Crippen molar-refractivity contribution in [2.45, 2.75) is 12.8 Å². The van der Waals surface area contributed by atoms with Crippen LogP contribution in [0.2, 0.25) is 0 Å². The molecule has 0 aliphatic carbocycles. The number of aryl methyl sites for hydroxylation is 1. The van der Waals surface area contributed by atoms with Crippen molar-refractivity contribution in [2.75, 3.05) is 13.1 Å². The third-order valence-corrected chi connectivity index (χ3v) is 4.33. The zero-order valence-corrected chi connectivity index (χ0v) is 13.1. The quantitative estimate of drug-likeness (QED) is 0.930. The van der Waals surface area contributed by atoms with Crippen molar-refractivity contribution in [1.29, 1.82) is 0 Å². The Morgan fingerprint density at radius 2 is 2.00 bits per heavy atom. The highest BCUT2D eigenvalue weighted by molar-refractivity contribution is 6.00. The van der Waals surface area contributed by atoms with Crippen LogP contribution in [0.4, 0.5) is 0 Å². The van der Waals surface area contributed by atoms with Gasteiger partial charge in [0.15, 0.2) is 0 Å². The summed E-state index contributed by atoms with van der Waals surface area (Å²) in [6, 6.07) is 9.71. The van der Waals surface area contributed by atoms with E-state index in [1.165, 1.54) is 0 Å². The molecule has 0 bridgehead atoms. The molecule has 1 aliphatic heterocycles. The van der Waals surface area contributed by atoms with Crippen LogP contribution in [0.1, 0.15) is 23.2 Å². The lowest BCUT2D eigenvalue weighted by molar-refractivity contribution is -0.123. The van der Waals surface area contributed by atoms with E-state index in [4.69, 9.17) is 5.73 Å². The second kappa shape index (κ2) is 6.24. The molecule has 6 heteroatoms. The maximum atomic E-state index is 12.9. The van der Waals surface area contributed by atoms with E-state index in [0.717, 1.165) is 24.1 Å². The van der Waals surface area contributed by atoms with Crippen molar-refractivity contribution >= 4 is 11.8 Å². The predicted octanol–water partition coefficient (Wildman–Crippen LogP) is 1.42. The van der Waals surface area contributed by atoms with Crippen LogP contribution >= 0.6 is 0 Å². The predicted molar refractivity (Wildman–Crippen MR) is 86.5 cm³/mol. The Bertz CT molecular complexity index is 723. The zero-order valence-electron chi connectivity index (χ0n) is 13.1. The highest BCUT2D eigenvalue weighted by Gasteiger charge is 2.29. The Morgan fingerprint density at radius 1 is 1.26 bits per heavy atom. The fraction of sp³-hybridized carbons (Fsp3) is 0.353. The number of hydrogen-bond donors (Lipinski definition) is 1. The van der Waals surface area contributed by atoms with Gasteiger partial charge in [0, 0.05) is 25.7 Å². The van der Waals surface area contributed by atoms with Gasteiger partial charge in [0.25, 0.3) is 5.91 Å². The summed E-state index contributed by atoms with van der Waals surface area (Å²) in [5.41, 5.74) is 7.69. The van der Waals surface area contributed by atoms with Crippen molar-refractivity contribution < 1.29 is 9.59 Å². The molecule has 2 heterocycles. The molecule has 1 aromatic carbocycles. The van der Waals surface area contributed by atoms with E-state index in [2.05, 4.69) is 5.10 Å². The molecule has 2 amide bonds. The molecule has 1 aliphatic rings. The maximum Gasteiger partial charge on any atom is 0.257 e. The zero-order chi connectivity index (χ0) is 16.4. The minimum atomic E-state index is -0.336. The number of nitrogens with zero attached hydrogens (tertiary/aromatic N) is 3. The largest absolute Gasteiger partial charge is 0.369 e. The molecule has 0 saturated carbocycles. The second-order valence-corrected chi connectivity index (χ2v) is 5.89. The van der Waals surface area contributed by atoms with Gasteiger partial charge in [-0.1, -0.05) is 30.3 Å². The van der Waals surface area contributed by atoms with Crippen LogP contribution in [0, 0.1) is 5.92 Å². The summed E-state index contributed by atoms with van der Waals surface area (Å²) >= 11 is 0. The van der Waals surface area contributed by atoms with E-state index in [1.54, 1.807) is 15.8 Å². The highest BCUT2D eigenvalue weighted by Crippen LogP contribution is 2.26. The molecule has 1 saturated heterocycles. The molecule has 2 N–H and O–H groups in total. The standard InChI is InChI=1S/C17H20N4O2/c1-20-15(12-6-3-2-4-7-12)14(10-19-20)17(23)21-9-5-8-13(11-21)16(18)22/h2-4,6-7,10,13H,5,8-9,11H2,1H3,(H2,18,22). The molecule has 6 nitrogen and oxygen atoms in total. The van der Waals surface area contributed by atoms with Crippen molar-refractivity contribution in [1.82, 2.24) is 14.7 Å². The molecule has 23 heavy (non-hydrogen) atoms. The summed E-state index contributed by atoms with van der Waals surface area (Å²) in [6.07, 6.45) is 3.14. The van der Waals surface area contributed by atoms with Crippen molar-refractivity contribution in [2.24, 2.45) is 18.7 Å². The van der Waals surface area contributed by atoms with Gasteiger partial charge in [0.1, 0.15) is 0 Å². The maximum absolute atomic E-state index is 12.9. The topological polar surface area (TPSA) is 81.2 Å². The van der Waals surface area contributed by atoms with Crippen molar-refractivity contribution in [3.05, 3.63) is 42.1 Å². The van der Waals surface area contributed by atoms with Gasteiger partial charge in [-0.25, -0.2) is 0 Å². The second-order valence-electron chi connectivity index (χ2n) is 5.89. The first-order chi connectivity index (χ1) is 11.1.